The number of carboxylic acids is 1. The third-order valence-corrected chi connectivity index (χ3v) is 7.31. The number of aryl methyl sites for hydroxylation is 1. The first-order valence-corrected chi connectivity index (χ1v) is 11.8. The van der Waals surface area contributed by atoms with Gasteiger partial charge in [0, 0.05) is 0 Å². The number of halogens is 4. The molecule has 3 rings (SSSR count). The molecule has 0 radical (unpaired) electrons. The molecule has 0 bridgehead atoms. The van der Waals surface area contributed by atoms with E-state index in [-0.39, 0.29) is 17.1 Å². The van der Waals surface area contributed by atoms with Crippen LogP contribution in [0.2, 0.25) is 0 Å². The number of carbonyl (C=O) groups is 2. The Labute approximate surface area is 201 Å². The molecule has 0 heterocycles. The van der Waals surface area contributed by atoms with Crippen LogP contribution in [0, 0.1) is 0 Å². The van der Waals surface area contributed by atoms with Crippen molar-refractivity contribution in [3.8, 4) is 5.75 Å². The zero-order valence-corrected chi connectivity index (χ0v) is 21.1. The summed E-state index contributed by atoms with van der Waals surface area (Å²) < 4.78 is 1.47. The van der Waals surface area contributed by atoms with Crippen molar-refractivity contribution in [3.63, 3.8) is 0 Å². The minimum atomic E-state index is -0.963. The maximum atomic E-state index is 12.6. The van der Waals surface area contributed by atoms with E-state index in [0.29, 0.717) is 26.3 Å². The van der Waals surface area contributed by atoms with Crippen molar-refractivity contribution in [2.45, 2.75) is 17.7 Å². The normalized spacial score (nSPS) is 16.8. The Bertz CT molecular complexity index is 1050. The van der Waals surface area contributed by atoms with E-state index < -0.39 is 10.8 Å². The highest BCUT2D eigenvalue weighted by molar-refractivity contribution is 9.12. The van der Waals surface area contributed by atoms with Crippen LogP contribution in [0.4, 0.5) is 0 Å². The number of phenolic OH excluding ortho intramolecular Hbond substituents is 1. The van der Waals surface area contributed by atoms with E-state index in [0.717, 1.165) is 22.3 Å². The molecule has 0 fully saturated rings. The number of carbonyl (C=O) groups excluding carboxylic acids is 1. The van der Waals surface area contributed by atoms with Gasteiger partial charge < -0.3 is 10.2 Å². The summed E-state index contributed by atoms with van der Waals surface area (Å²) in [7, 11) is 0. The molecule has 0 saturated heterocycles. The van der Waals surface area contributed by atoms with Gasteiger partial charge in [0.1, 0.15) is 10.6 Å². The number of phenols is 1. The summed E-state index contributed by atoms with van der Waals surface area (Å²) in [6.07, 6.45) is 2.83. The minimum Gasteiger partial charge on any atom is -0.506 e. The second kappa shape index (κ2) is 9.29. The third-order valence-electron chi connectivity index (χ3n) is 4.61. The monoisotopic (exact) mass is 646 g/mol. The Balaban J connectivity index is 2.07. The second-order valence-corrected chi connectivity index (χ2v) is 9.89. The van der Waals surface area contributed by atoms with Crippen LogP contribution in [0.1, 0.15) is 27.9 Å². The van der Waals surface area contributed by atoms with Crippen LogP contribution in [0.15, 0.2) is 61.5 Å². The number of ketones is 1. The zero-order chi connectivity index (χ0) is 21.3. The number of aromatic carboxylic acids is 1. The molecule has 0 aliphatic heterocycles. The number of alkyl halides is 1. The first-order valence-electron chi connectivity index (χ1n) is 8.48. The summed E-state index contributed by atoms with van der Waals surface area (Å²) in [5.74, 6) is -0.985. The van der Waals surface area contributed by atoms with Crippen LogP contribution >= 0.6 is 63.7 Å². The van der Waals surface area contributed by atoms with Gasteiger partial charge in [0.05, 0.1) is 19.0 Å². The lowest BCUT2D eigenvalue weighted by atomic mass is 9.87. The molecule has 1 aliphatic rings. The lowest BCUT2D eigenvalue weighted by Crippen LogP contribution is -2.21. The van der Waals surface area contributed by atoms with Crippen LogP contribution in [-0.4, -0.2) is 26.8 Å². The fourth-order valence-corrected chi connectivity index (χ4v) is 6.00. The van der Waals surface area contributed by atoms with E-state index in [9.17, 15) is 19.8 Å². The summed E-state index contributed by atoms with van der Waals surface area (Å²) in [6, 6.07) is 10.4. The van der Waals surface area contributed by atoms with Crippen molar-refractivity contribution in [2.24, 2.45) is 0 Å². The number of carboxylic acid groups (broad SMARTS) is 1. The average Bonchev–Trinajstić information content (AvgIpc) is 2.68. The van der Waals surface area contributed by atoms with Crippen molar-refractivity contribution >= 4 is 81.0 Å². The van der Waals surface area contributed by atoms with Gasteiger partial charge in [-0.2, -0.15) is 0 Å². The van der Waals surface area contributed by atoms with E-state index in [1.54, 1.807) is 36.4 Å². The van der Waals surface area contributed by atoms with Crippen molar-refractivity contribution in [1.82, 2.24) is 0 Å². The van der Waals surface area contributed by atoms with Crippen molar-refractivity contribution in [1.29, 1.82) is 0 Å². The lowest BCUT2D eigenvalue weighted by Gasteiger charge is -2.23. The molecule has 4 nitrogen and oxygen atoms in total. The molecule has 0 spiro atoms. The number of benzene rings is 2. The highest BCUT2D eigenvalue weighted by Crippen LogP contribution is 2.42. The summed E-state index contributed by atoms with van der Waals surface area (Å²) in [5, 5.41) is 19.4. The summed E-state index contributed by atoms with van der Waals surface area (Å²) >= 11 is 13.5. The topological polar surface area (TPSA) is 74.6 Å². The molecule has 29 heavy (non-hydrogen) atoms. The molecule has 2 aromatic rings. The average molecular weight is 650 g/mol. The summed E-state index contributed by atoms with van der Waals surface area (Å²) in [6.45, 7) is 0. The maximum absolute atomic E-state index is 12.6. The minimum absolute atomic E-state index is 0.0799. The van der Waals surface area contributed by atoms with Gasteiger partial charge in [0.2, 0.25) is 0 Å². The Morgan fingerprint density at radius 1 is 1.03 bits per heavy atom. The van der Waals surface area contributed by atoms with E-state index in [1.165, 1.54) is 0 Å². The molecule has 2 aromatic carbocycles. The Kier molecular flexibility index (Phi) is 7.19. The fourth-order valence-electron chi connectivity index (χ4n) is 3.19. The van der Waals surface area contributed by atoms with E-state index in [4.69, 9.17) is 0 Å². The van der Waals surface area contributed by atoms with Gasteiger partial charge in [0.15, 0.2) is 5.78 Å². The van der Waals surface area contributed by atoms with Gasteiger partial charge in [0.25, 0.3) is 0 Å². The Morgan fingerprint density at radius 2 is 1.66 bits per heavy atom. The van der Waals surface area contributed by atoms with Crippen molar-refractivity contribution in [3.05, 3.63) is 78.2 Å². The van der Waals surface area contributed by atoms with Crippen molar-refractivity contribution < 1.29 is 19.8 Å². The van der Waals surface area contributed by atoms with Crippen LogP contribution < -0.4 is 0 Å². The number of allylic oxidation sites excluding steroid dienone is 4. The second-order valence-electron chi connectivity index (χ2n) is 6.41. The van der Waals surface area contributed by atoms with Crippen LogP contribution in [0.5, 0.6) is 5.75 Å². The van der Waals surface area contributed by atoms with Gasteiger partial charge in [-0.15, -0.1) is 0 Å². The number of hydrogen-bond acceptors (Lipinski definition) is 3. The van der Waals surface area contributed by atoms with E-state index in [2.05, 4.69) is 63.7 Å². The molecule has 1 aliphatic carbocycles. The molecular formula is C21H14Br4O4. The highest BCUT2D eigenvalue weighted by atomic mass is 79.9. The quantitative estimate of drug-likeness (QED) is 0.357. The van der Waals surface area contributed by atoms with Gasteiger partial charge in [-0.05, 0) is 107 Å². The van der Waals surface area contributed by atoms with Gasteiger partial charge in [-0.3, -0.25) is 4.79 Å². The lowest BCUT2D eigenvalue weighted by molar-refractivity contribution is -0.113. The Hall–Kier alpha value is -1.22. The zero-order valence-electron chi connectivity index (χ0n) is 14.8. The van der Waals surface area contributed by atoms with Gasteiger partial charge >= 0.3 is 5.97 Å². The summed E-state index contributed by atoms with van der Waals surface area (Å²) in [4.78, 5) is 23.5. The first kappa shape index (κ1) is 22.5. The summed E-state index contributed by atoms with van der Waals surface area (Å²) in [5.41, 5.74) is 3.47. The smallest absolute Gasteiger partial charge is 0.335 e. The van der Waals surface area contributed by atoms with Crippen LogP contribution in [0.3, 0.4) is 0 Å². The molecule has 1 atom stereocenters. The predicted molar refractivity (Wildman–Crippen MR) is 127 cm³/mol. The molecular weight excluding hydrogens is 636 g/mol. The molecule has 0 amide bonds. The number of Topliss-reactive ketones (excluding diaryl/α,β-unsaturated/α-hetero) is 1. The molecule has 2 N–H and O–H groups in total. The number of aromatic hydroxyl groups is 1. The van der Waals surface area contributed by atoms with Gasteiger partial charge in [-0.1, -0.05) is 34.1 Å². The number of rotatable bonds is 5. The van der Waals surface area contributed by atoms with Crippen molar-refractivity contribution in [2.75, 3.05) is 0 Å². The SMILES string of the molecule is O=C(O)c1ccccc1CCC1=C(c2cc(Br)c(O)c(Br)c2)C(Br)C(=O)C(Br)=C1. The fraction of sp³-hybridized carbons (Fsp3) is 0.143. The van der Waals surface area contributed by atoms with Gasteiger partial charge in [-0.25, -0.2) is 4.79 Å². The molecule has 0 saturated carbocycles. The largest absolute Gasteiger partial charge is 0.506 e. The number of hydrogen-bond donors (Lipinski definition) is 2. The van der Waals surface area contributed by atoms with E-state index in [1.807, 2.05) is 6.07 Å². The predicted octanol–water partition coefficient (Wildman–Crippen LogP) is 6.63. The molecule has 0 aromatic heterocycles. The highest BCUT2D eigenvalue weighted by Gasteiger charge is 2.30. The third kappa shape index (κ3) is 4.76. The standard InChI is InChI=1S/C21H14Br4O4/c22-14-8-12(9-15(23)19(14)26)17-11(7-16(24)20(27)18(17)25)6-5-10-3-1-2-4-13(10)21(28)29/h1-4,7-9,18,26H,5-6H2,(H,28,29). The first-order chi connectivity index (χ1) is 13.7. The Morgan fingerprint density at radius 3 is 2.28 bits per heavy atom. The maximum Gasteiger partial charge on any atom is 0.335 e. The van der Waals surface area contributed by atoms with E-state index >= 15 is 0 Å². The molecule has 1 unspecified atom stereocenters. The van der Waals surface area contributed by atoms with Crippen LogP contribution in [-0.2, 0) is 11.2 Å². The molecule has 8 heteroatoms. The van der Waals surface area contributed by atoms with Crippen LogP contribution in [0.25, 0.3) is 5.57 Å². The molecule has 150 valence electrons.